The molecule has 1 fully saturated rings. The third-order valence-electron chi connectivity index (χ3n) is 5.85. The fraction of sp³-hybridized carbons (Fsp3) is 0.240. The highest BCUT2D eigenvalue weighted by Crippen LogP contribution is 2.40. The van der Waals surface area contributed by atoms with Gasteiger partial charge in [-0.05, 0) is 60.7 Å². The average molecular weight is 474 g/mol. The summed E-state index contributed by atoms with van der Waals surface area (Å²) >= 11 is 3.49. The van der Waals surface area contributed by atoms with Crippen LogP contribution in [0.2, 0.25) is 0 Å². The Balaban J connectivity index is 1.32. The number of rotatable bonds is 8. The Kier molecular flexibility index (Phi) is 5.39. The van der Waals surface area contributed by atoms with E-state index in [1.165, 1.54) is 17.7 Å². The Morgan fingerprint density at radius 1 is 1.00 bits per heavy atom. The van der Waals surface area contributed by atoms with Crippen molar-refractivity contribution in [3.05, 3.63) is 82.6 Å². The number of hydrogen-bond acceptors (Lipinski definition) is 6. The zero-order valence-electron chi connectivity index (χ0n) is 18.2. The molecule has 1 aliphatic rings. The van der Waals surface area contributed by atoms with Crippen LogP contribution in [0.3, 0.4) is 0 Å². The van der Waals surface area contributed by atoms with Gasteiger partial charge in [0.1, 0.15) is 17.4 Å². The summed E-state index contributed by atoms with van der Waals surface area (Å²) in [6.45, 7) is 0. The summed E-state index contributed by atoms with van der Waals surface area (Å²) < 4.78 is 9.92. The second-order valence-electron chi connectivity index (χ2n) is 8.09. The number of thiophene rings is 1. The Morgan fingerprint density at radius 3 is 2.61 bits per heavy atom. The molecular weight excluding hydrogens is 450 g/mol. The zero-order valence-corrected chi connectivity index (χ0v) is 19.9. The fourth-order valence-corrected chi connectivity index (χ4v) is 5.76. The summed E-state index contributed by atoms with van der Waals surface area (Å²) in [5.41, 5.74) is 3.16. The lowest BCUT2D eigenvalue weighted by atomic mass is 10.2. The molecule has 5 aromatic rings. The van der Waals surface area contributed by atoms with Crippen LogP contribution in [0.4, 0.5) is 0 Å². The summed E-state index contributed by atoms with van der Waals surface area (Å²) in [4.78, 5) is 6.28. The van der Waals surface area contributed by atoms with Crippen molar-refractivity contribution in [2.24, 2.45) is 0 Å². The quantitative estimate of drug-likeness (QED) is 0.262. The van der Waals surface area contributed by atoms with Crippen molar-refractivity contribution in [3.63, 3.8) is 0 Å². The van der Waals surface area contributed by atoms with Crippen LogP contribution in [-0.4, -0.2) is 31.4 Å². The first kappa shape index (κ1) is 20.5. The molecule has 0 saturated heterocycles. The smallest absolute Gasteiger partial charge is 0.191 e. The van der Waals surface area contributed by atoms with E-state index in [1.54, 1.807) is 30.2 Å². The molecule has 166 valence electrons. The monoisotopic (exact) mass is 473 g/mol. The van der Waals surface area contributed by atoms with Gasteiger partial charge in [0.15, 0.2) is 5.16 Å². The van der Waals surface area contributed by atoms with Crippen molar-refractivity contribution in [2.75, 3.05) is 7.11 Å². The number of nitrogens with zero attached hydrogens (tertiary/aromatic N) is 5. The molecule has 0 radical (unpaired) electrons. The minimum Gasteiger partial charge on any atom is -0.497 e. The van der Waals surface area contributed by atoms with Crippen molar-refractivity contribution in [1.82, 2.24) is 24.3 Å². The number of imidazole rings is 1. The number of hydrogen-bond donors (Lipinski definition) is 0. The molecule has 0 aliphatic heterocycles. The Labute approximate surface area is 200 Å². The van der Waals surface area contributed by atoms with E-state index in [4.69, 9.17) is 9.72 Å². The lowest BCUT2D eigenvalue weighted by Gasteiger charge is -2.11. The van der Waals surface area contributed by atoms with Crippen LogP contribution in [-0.2, 0) is 12.2 Å². The summed E-state index contributed by atoms with van der Waals surface area (Å²) in [5, 5.41) is 12.2. The maximum Gasteiger partial charge on any atom is 0.191 e. The summed E-state index contributed by atoms with van der Waals surface area (Å²) in [5.74, 6) is 3.61. The Bertz CT molecular complexity index is 1380. The van der Waals surface area contributed by atoms with E-state index in [0.29, 0.717) is 11.8 Å². The molecule has 6 rings (SSSR count). The van der Waals surface area contributed by atoms with Crippen LogP contribution in [0.1, 0.15) is 35.4 Å². The molecule has 3 heterocycles. The highest BCUT2D eigenvalue weighted by molar-refractivity contribution is 7.98. The highest BCUT2D eigenvalue weighted by atomic mass is 32.2. The van der Waals surface area contributed by atoms with Crippen LogP contribution >= 0.6 is 23.1 Å². The van der Waals surface area contributed by atoms with Gasteiger partial charge >= 0.3 is 0 Å². The van der Waals surface area contributed by atoms with E-state index >= 15 is 0 Å². The first-order valence-electron chi connectivity index (χ1n) is 11.0. The van der Waals surface area contributed by atoms with Gasteiger partial charge in [-0.1, -0.05) is 30.0 Å². The molecule has 2 aromatic carbocycles. The van der Waals surface area contributed by atoms with Crippen molar-refractivity contribution in [2.45, 2.75) is 36.2 Å². The van der Waals surface area contributed by atoms with Crippen molar-refractivity contribution < 1.29 is 4.74 Å². The first-order chi connectivity index (χ1) is 16.3. The molecule has 3 aromatic heterocycles. The van der Waals surface area contributed by atoms with Gasteiger partial charge in [0.25, 0.3) is 0 Å². The molecule has 6 nitrogen and oxygen atoms in total. The Hall–Kier alpha value is -3.10. The lowest BCUT2D eigenvalue weighted by Crippen LogP contribution is -2.04. The molecule has 1 aliphatic carbocycles. The summed E-state index contributed by atoms with van der Waals surface area (Å²) in [7, 11) is 1.69. The maximum atomic E-state index is 5.34. The van der Waals surface area contributed by atoms with Gasteiger partial charge in [0, 0.05) is 23.0 Å². The molecule has 0 spiro atoms. The molecule has 33 heavy (non-hydrogen) atoms. The Morgan fingerprint density at radius 2 is 1.85 bits per heavy atom. The molecule has 0 bridgehead atoms. The lowest BCUT2D eigenvalue weighted by molar-refractivity contribution is 0.414. The van der Waals surface area contributed by atoms with Gasteiger partial charge in [-0.25, -0.2) is 4.98 Å². The van der Waals surface area contributed by atoms with Crippen LogP contribution in [0, 0.1) is 0 Å². The van der Waals surface area contributed by atoms with E-state index in [-0.39, 0.29) is 0 Å². The van der Waals surface area contributed by atoms with E-state index in [0.717, 1.165) is 45.7 Å². The van der Waals surface area contributed by atoms with Crippen LogP contribution in [0.5, 0.6) is 5.75 Å². The second-order valence-corrected chi connectivity index (χ2v) is 10.1. The van der Waals surface area contributed by atoms with Crippen molar-refractivity contribution in [3.8, 4) is 11.4 Å². The molecule has 1 saturated carbocycles. The van der Waals surface area contributed by atoms with Crippen molar-refractivity contribution in [1.29, 1.82) is 0 Å². The average Bonchev–Trinajstić information content (AvgIpc) is 3.24. The zero-order chi connectivity index (χ0) is 22.2. The highest BCUT2D eigenvalue weighted by Gasteiger charge is 2.30. The predicted octanol–water partition coefficient (Wildman–Crippen LogP) is 5.91. The normalized spacial score (nSPS) is 13.6. The molecule has 0 unspecified atom stereocenters. The molecule has 8 heteroatoms. The van der Waals surface area contributed by atoms with Gasteiger partial charge in [-0.3, -0.25) is 4.57 Å². The summed E-state index contributed by atoms with van der Waals surface area (Å²) in [6, 6.07) is 21.2. The molecule has 0 amide bonds. The molecule has 0 atom stereocenters. The topological polar surface area (TPSA) is 57.8 Å². The van der Waals surface area contributed by atoms with E-state index in [1.807, 2.05) is 18.2 Å². The number of methoxy groups -OCH3 is 1. The first-order valence-corrected chi connectivity index (χ1v) is 12.9. The van der Waals surface area contributed by atoms with Gasteiger partial charge in [-0.15, -0.1) is 21.5 Å². The number of aromatic nitrogens is 5. The summed E-state index contributed by atoms with van der Waals surface area (Å²) in [6.07, 6.45) is 3.24. The predicted molar refractivity (Wildman–Crippen MR) is 133 cm³/mol. The minimum absolute atomic E-state index is 0.526. The van der Waals surface area contributed by atoms with E-state index in [2.05, 4.69) is 67.2 Å². The fourth-order valence-electron chi connectivity index (χ4n) is 4.12. The van der Waals surface area contributed by atoms with Crippen LogP contribution in [0.25, 0.3) is 16.7 Å². The molecule has 0 N–H and O–H groups in total. The van der Waals surface area contributed by atoms with Gasteiger partial charge in [0.05, 0.1) is 23.9 Å². The number of fused-ring (bicyclic) bond motifs is 1. The van der Waals surface area contributed by atoms with E-state index < -0.39 is 0 Å². The van der Waals surface area contributed by atoms with Gasteiger partial charge < -0.3 is 9.30 Å². The van der Waals surface area contributed by atoms with Crippen LogP contribution in [0.15, 0.2) is 71.2 Å². The number of ether oxygens (including phenoxy) is 1. The molecular formula is C25H23N5OS2. The SMILES string of the molecule is COc1ccc(-n2c(CSc3nnc(Cc4cccs4)n3C3CC3)nc3ccccc32)cc1. The van der Waals surface area contributed by atoms with E-state index in [9.17, 15) is 0 Å². The second kappa shape index (κ2) is 8.68. The standard InChI is InChI=1S/C25H23N5OS2/c1-31-19-12-10-17(11-13-19)29-22-7-3-2-6-21(22)26-24(29)16-33-25-28-27-23(30(25)18-8-9-18)15-20-5-4-14-32-20/h2-7,10-14,18H,8-9,15-16H2,1H3. The van der Waals surface area contributed by atoms with Gasteiger partial charge in [0.2, 0.25) is 0 Å². The maximum absolute atomic E-state index is 5.34. The third kappa shape index (κ3) is 4.05. The number of benzene rings is 2. The number of thioether (sulfide) groups is 1. The minimum atomic E-state index is 0.526. The van der Waals surface area contributed by atoms with Crippen molar-refractivity contribution >= 4 is 34.1 Å². The van der Waals surface area contributed by atoms with Crippen LogP contribution < -0.4 is 4.74 Å². The largest absolute Gasteiger partial charge is 0.497 e. The van der Waals surface area contributed by atoms with Gasteiger partial charge in [-0.2, -0.15) is 0 Å². The number of para-hydroxylation sites is 2. The third-order valence-corrected chi connectivity index (χ3v) is 7.67.